The molecule has 0 aromatic carbocycles. The fraction of sp³-hybridized carbons (Fsp3) is 0.286. The molecule has 0 atom stereocenters. The quantitative estimate of drug-likeness (QED) is 0.655. The van der Waals surface area contributed by atoms with Crippen molar-refractivity contribution in [2.75, 3.05) is 0 Å². The van der Waals surface area contributed by atoms with Crippen LogP contribution in [0.1, 0.15) is 17.9 Å². The second-order valence-corrected chi connectivity index (χ2v) is 5.82. The van der Waals surface area contributed by atoms with Crippen molar-refractivity contribution in [2.24, 2.45) is 12.8 Å². The lowest BCUT2D eigenvalue weighted by Gasteiger charge is -2.01. The van der Waals surface area contributed by atoms with Crippen molar-refractivity contribution in [3.63, 3.8) is 0 Å². The summed E-state index contributed by atoms with van der Waals surface area (Å²) in [5.41, 5.74) is 5.93. The van der Waals surface area contributed by atoms with E-state index in [2.05, 4.69) is 15.4 Å². The van der Waals surface area contributed by atoms with Crippen LogP contribution in [0.4, 0.5) is 0 Å². The zero-order chi connectivity index (χ0) is 16.2. The highest BCUT2D eigenvalue weighted by Gasteiger charge is 2.13. The van der Waals surface area contributed by atoms with Crippen LogP contribution in [0.15, 0.2) is 38.6 Å². The number of nitrogens with two attached hydrogens (primary N) is 1. The maximum absolute atomic E-state index is 10.8. The Bertz CT molecular complexity index is 793. The predicted molar refractivity (Wildman–Crippen MR) is 82.3 cm³/mol. The maximum atomic E-state index is 10.8. The Balaban J connectivity index is 1.61. The van der Waals surface area contributed by atoms with Gasteiger partial charge >= 0.3 is 0 Å². The van der Waals surface area contributed by atoms with Gasteiger partial charge in [0.15, 0.2) is 10.9 Å². The smallest absolute Gasteiger partial charge is 0.217 e. The molecule has 0 aliphatic heterocycles. The molecule has 0 saturated heterocycles. The molecule has 2 N–H and O–H groups in total. The molecular weight excluding hydrogens is 318 g/mol. The molecule has 23 heavy (non-hydrogen) atoms. The molecule has 0 aliphatic carbocycles. The van der Waals surface area contributed by atoms with E-state index in [0.717, 1.165) is 16.7 Å². The third kappa shape index (κ3) is 3.62. The zero-order valence-electron chi connectivity index (χ0n) is 12.4. The van der Waals surface area contributed by atoms with Crippen molar-refractivity contribution in [1.29, 1.82) is 0 Å². The van der Waals surface area contributed by atoms with Gasteiger partial charge in [0.2, 0.25) is 11.7 Å². The predicted octanol–water partition coefficient (Wildman–Crippen LogP) is 1.77. The number of carbonyl (C=O) groups is 1. The van der Waals surface area contributed by atoms with Crippen molar-refractivity contribution in [3.8, 4) is 11.5 Å². The van der Waals surface area contributed by atoms with Crippen LogP contribution in [0.2, 0.25) is 0 Å². The lowest BCUT2D eigenvalue weighted by atomic mass is 10.3. The van der Waals surface area contributed by atoms with Gasteiger partial charge in [0.05, 0.1) is 12.0 Å². The Kier molecular flexibility index (Phi) is 4.47. The van der Waals surface area contributed by atoms with Crippen LogP contribution in [0.5, 0.6) is 0 Å². The summed E-state index contributed by atoms with van der Waals surface area (Å²) in [6.45, 7) is 0. The summed E-state index contributed by atoms with van der Waals surface area (Å²) in [5, 5.41) is 12.9. The van der Waals surface area contributed by atoms with E-state index in [4.69, 9.17) is 14.7 Å². The Labute approximate surface area is 136 Å². The first-order chi connectivity index (χ1) is 11.1. The molecule has 3 heterocycles. The first kappa shape index (κ1) is 15.3. The molecule has 0 saturated carbocycles. The number of nitrogens with zero attached hydrogens (tertiary/aromatic N) is 4. The molecule has 3 rings (SSSR count). The van der Waals surface area contributed by atoms with Gasteiger partial charge in [-0.25, -0.2) is 0 Å². The summed E-state index contributed by atoms with van der Waals surface area (Å²) >= 11 is 1.49. The van der Waals surface area contributed by atoms with Gasteiger partial charge in [-0.3, -0.25) is 4.79 Å². The zero-order valence-corrected chi connectivity index (χ0v) is 13.2. The van der Waals surface area contributed by atoms with Crippen molar-refractivity contribution >= 4 is 17.7 Å². The number of thioether (sulfide) groups is 1. The highest BCUT2D eigenvalue weighted by atomic mass is 32.2. The molecule has 9 heteroatoms. The van der Waals surface area contributed by atoms with E-state index >= 15 is 0 Å². The number of primary amides is 1. The Morgan fingerprint density at radius 3 is 3.00 bits per heavy atom. The van der Waals surface area contributed by atoms with E-state index in [1.165, 1.54) is 11.8 Å². The standard InChI is InChI=1S/C14H15N5O3S/c1-19-13(5-4-12(15)20)16-17-14(19)23-8-9-7-11(22-18-9)10-3-2-6-21-10/h2-3,6-7H,4-5,8H2,1H3,(H2,15,20). The molecule has 0 aliphatic rings. The highest BCUT2D eigenvalue weighted by Crippen LogP contribution is 2.25. The van der Waals surface area contributed by atoms with Gasteiger partial charge in [0.25, 0.3) is 0 Å². The molecule has 1 amide bonds. The van der Waals surface area contributed by atoms with Crippen LogP contribution >= 0.6 is 11.8 Å². The minimum Gasteiger partial charge on any atom is -0.461 e. The van der Waals surface area contributed by atoms with E-state index in [9.17, 15) is 4.79 Å². The summed E-state index contributed by atoms with van der Waals surface area (Å²) in [6, 6.07) is 5.43. The van der Waals surface area contributed by atoms with Crippen LogP contribution in [0, 0.1) is 0 Å². The monoisotopic (exact) mass is 333 g/mol. The number of aryl methyl sites for hydroxylation is 1. The number of rotatable bonds is 7. The van der Waals surface area contributed by atoms with E-state index in [1.54, 1.807) is 12.3 Å². The first-order valence-corrected chi connectivity index (χ1v) is 7.91. The average Bonchev–Trinajstić information content (AvgIpc) is 3.25. The highest BCUT2D eigenvalue weighted by molar-refractivity contribution is 7.98. The van der Waals surface area contributed by atoms with Gasteiger partial charge in [0.1, 0.15) is 5.82 Å². The lowest BCUT2D eigenvalue weighted by Crippen LogP contribution is -2.12. The van der Waals surface area contributed by atoms with Crippen molar-refractivity contribution in [1.82, 2.24) is 19.9 Å². The number of aromatic nitrogens is 4. The van der Waals surface area contributed by atoms with E-state index in [0.29, 0.717) is 23.7 Å². The van der Waals surface area contributed by atoms with Gasteiger partial charge in [-0.2, -0.15) is 0 Å². The first-order valence-electron chi connectivity index (χ1n) is 6.92. The Hall–Kier alpha value is -2.55. The van der Waals surface area contributed by atoms with Gasteiger partial charge < -0.3 is 19.2 Å². The number of carbonyl (C=O) groups excluding carboxylic acids is 1. The Morgan fingerprint density at radius 2 is 2.26 bits per heavy atom. The van der Waals surface area contributed by atoms with Gasteiger partial charge in [-0.1, -0.05) is 16.9 Å². The van der Waals surface area contributed by atoms with Crippen LogP contribution < -0.4 is 5.73 Å². The number of amides is 1. The van der Waals surface area contributed by atoms with Crippen LogP contribution in [-0.4, -0.2) is 25.8 Å². The third-order valence-electron chi connectivity index (χ3n) is 3.19. The summed E-state index contributed by atoms with van der Waals surface area (Å²) in [7, 11) is 1.86. The summed E-state index contributed by atoms with van der Waals surface area (Å²) < 4.78 is 12.4. The molecular formula is C14H15N5O3S. The normalized spacial score (nSPS) is 11.0. The second-order valence-electron chi connectivity index (χ2n) is 4.87. The fourth-order valence-electron chi connectivity index (χ4n) is 1.98. The molecule has 3 aromatic heterocycles. The summed E-state index contributed by atoms with van der Waals surface area (Å²) in [4.78, 5) is 10.8. The van der Waals surface area contributed by atoms with Crippen molar-refractivity contribution < 1.29 is 13.7 Å². The number of furan rings is 1. The SMILES string of the molecule is Cn1c(CCC(N)=O)nnc1SCc1cc(-c2ccco2)on1. The minimum atomic E-state index is -0.352. The second kappa shape index (κ2) is 6.69. The molecule has 0 bridgehead atoms. The van der Waals surface area contributed by atoms with E-state index < -0.39 is 0 Å². The van der Waals surface area contributed by atoms with E-state index in [-0.39, 0.29) is 12.3 Å². The van der Waals surface area contributed by atoms with Gasteiger partial charge in [0, 0.05) is 31.7 Å². The summed E-state index contributed by atoms with van der Waals surface area (Å²) in [6.07, 6.45) is 2.32. The van der Waals surface area contributed by atoms with Crippen molar-refractivity contribution in [2.45, 2.75) is 23.8 Å². The number of hydrogen-bond donors (Lipinski definition) is 1. The van der Waals surface area contributed by atoms with Crippen LogP contribution in [0.3, 0.4) is 0 Å². The molecule has 8 nitrogen and oxygen atoms in total. The van der Waals surface area contributed by atoms with Gasteiger partial charge in [-0.05, 0) is 12.1 Å². The lowest BCUT2D eigenvalue weighted by molar-refractivity contribution is -0.118. The third-order valence-corrected chi connectivity index (χ3v) is 4.25. The largest absolute Gasteiger partial charge is 0.461 e. The average molecular weight is 333 g/mol. The fourth-order valence-corrected chi connectivity index (χ4v) is 2.79. The Morgan fingerprint density at radius 1 is 1.39 bits per heavy atom. The molecule has 3 aromatic rings. The topological polar surface area (TPSA) is 113 Å². The van der Waals surface area contributed by atoms with Crippen LogP contribution in [-0.2, 0) is 24.0 Å². The van der Waals surface area contributed by atoms with Crippen LogP contribution in [0.25, 0.3) is 11.5 Å². The van der Waals surface area contributed by atoms with Crippen molar-refractivity contribution in [3.05, 3.63) is 36.0 Å². The maximum Gasteiger partial charge on any atom is 0.217 e. The van der Waals surface area contributed by atoms with E-state index in [1.807, 2.05) is 23.7 Å². The molecule has 0 radical (unpaired) electrons. The summed E-state index contributed by atoms with van der Waals surface area (Å²) in [5.74, 6) is 2.19. The number of hydrogen-bond acceptors (Lipinski definition) is 7. The molecule has 0 unspecified atom stereocenters. The molecule has 0 spiro atoms. The molecule has 120 valence electrons. The van der Waals surface area contributed by atoms with Gasteiger partial charge in [-0.15, -0.1) is 10.2 Å². The minimum absolute atomic E-state index is 0.256. The molecule has 0 fully saturated rings.